The molecule has 29 heavy (non-hydrogen) atoms. The Kier molecular flexibility index (Phi) is 6.86. The fourth-order valence-corrected chi connectivity index (χ4v) is 2.78. The molecule has 3 rings (SSSR count). The average molecular weight is 393 g/mol. The Bertz CT molecular complexity index is 932. The number of ether oxygens (including phenoxy) is 2. The second-order valence-corrected chi connectivity index (χ2v) is 6.75. The van der Waals surface area contributed by atoms with E-state index in [0.717, 1.165) is 35.9 Å². The molecule has 0 aliphatic heterocycles. The third-order valence-electron chi connectivity index (χ3n) is 4.29. The quantitative estimate of drug-likeness (QED) is 0.572. The molecule has 1 heterocycles. The summed E-state index contributed by atoms with van der Waals surface area (Å²) in [4.78, 5) is 11.5. The molecule has 2 aromatic carbocycles. The molecule has 0 bridgehead atoms. The summed E-state index contributed by atoms with van der Waals surface area (Å²) in [5.41, 5.74) is 1.72. The number of aromatic nitrogens is 2. The Labute approximate surface area is 171 Å². The molecule has 0 atom stereocenters. The van der Waals surface area contributed by atoms with Gasteiger partial charge < -0.3 is 25.0 Å². The van der Waals surface area contributed by atoms with Gasteiger partial charge in [-0.15, -0.1) is 0 Å². The lowest BCUT2D eigenvalue weighted by atomic mass is 10.2. The predicted octanol–water partition coefficient (Wildman–Crippen LogP) is 3.88. The summed E-state index contributed by atoms with van der Waals surface area (Å²) in [5, 5.41) is 6.72. The Morgan fingerprint density at radius 2 is 1.66 bits per heavy atom. The average Bonchev–Trinajstić information content (AvgIpc) is 2.74. The Morgan fingerprint density at radius 1 is 0.897 bits per heavy atom. The normalized spacial score (nSPS) is 10.7. The summed E-state index contributed by atoms with van der Waals surface area (Å²) >= 11 is 0. The van der Waals surface area contributed by atoms with Crippen molar-refractivity contribution in [3.8, 4) is 22.9 Å². The molecule has 3 aromatic rings. The molecule has 0 aliphatic rings. The van der Waals surface area contributed by atoms with Gasteiger partial charge in [-0.25, -0.2) is 9.97 Å². The molecular weight excluding hydrogens is 366 g/mol. The Hall–Kier alpha value is -3.32. The molecule has 0 radical (unpaired) electrons. The first kappa shape index (κ1) is 20.4. The predicted molar refractivity (Wildman–Crippen MR) is 117 cm³/mol. The van der Waals surface area contributed by atoms with Crippen LogP contribution >= 0.6 is 0 Å². The van der Waals surface area contributed by atoms with E-state index in [2.05, 4.69) is 20.5 Å². The maximum Gasteiger partial charge on any atom is 0.163 e. The maximum atomic E-state index is 5.47. The summed E-state index contributed by atoms with van der Waals surface area (Å²) in [6.45, 7) is 1.68. The molecule has 152 valence electrons. The zero-order valence-corrected chi connectivity index (χ0v) is 17.3. The number of rotatable bonds is 9. The molecule has 1 aromatic heterocycles. The Morgan fingerprint density at radius 3 is 2.34 bits per heavy atom. The van der Waals surface area contributed by atoms with Crippen LogP contribution in [0.15, 0.2) is 54.6 Å². The van der Waals surface area contributed by atoms with Crippen LogP contribution in [0.4, 0.5) is 17.3 Å². The van der Waals surface area contributed by atoms with Crippen LogP contribution in [0.5, 0.6) is 11.5 Å². The van der Waals surface area contributed by atoms with Crippen molar-refractivity contribution >= 4 is 17.3 Å². The van der Waals surface area contributed by atoms with Crippen LogP contribution in [0.2, 0.25) is 0 Å². The highest BCUT2D eigenvalue weighted by Gasteiger charge is 2.10. The first-order valence-corrected chi connectivity index (χ1v) is 9.41. The summed E-state index contributed by atoms with van der Waals surface area (Å²) in [6, 6.07) is 17.4. The number of likely N-dealkylation sites (N-methyl/N-ethyl adjacent to an activating group) is 1. The van der Waals surface area contributed by atoms with Crippen molar-refractivity contribution in [2.75, 3.05) is 52.0 Å². The van der Waals surface area contributed by atoms with Gasteiger partial charge in [0.25, 0.3) is 0 Å². The minimum atomic E-state index is 0.643. The van der Waals surface area contributed by atoms with Crippen LogP contribution in [0.25, 0.3) is 11.4 Å². The number of methoxy groups -OCH3 is 2. The molecule has 0 aliphatic carbocycles. The van der Waals surface area contributed by atoms with Gasteiger partial charge in [0.2, 0.25) is 0 Å². The first-order chi connectivity index (χ1) is 14.1. The Balaban J connectivity index is 1.94. The number of hydrogen-bond acceptors (Lipinski definition) is 7. The fourth-order valence-electron chi connectivity index (χ4n) is 2.78. The highest BCUT2D eigenvalue weighted by atomic mass is 16.5. The van der Waals surface area contributed by atoms with E-state index in [1.807, 2.05) is 68.7 Å². The summed E-state index contributed by atoms with van der Waals surface area (Å²) in [7, 11) is 7.35. The van der Waals surface area contributed by atoms with Gasteiger partial charge in [0.05, 0.1) is 19.9 Å². The maximum absolute atomic E-state index is 5.47. The van der Waals surface area contributed by atoms with Crippen LogP contribution in [0.1, 0.15) is 0 Å². The van der Waals surface area contributed by atoms with Crippen LogP contribution in [0, 0.1) is 0 Å². The standard InChI is InChI=1S/C22H27N5O2/c1-27(2)13-12-23-20-15-21(26-22(25-20)16-8-6-5-7-9-16)24-18-14-17(28-3)10-11-19(18)29-4/h5-11,14-15H,12-13H2,1-4H3,(H2,23,24,25,26). The lowest BCUT2D eigenvalue weighted by Crippen LogP contribution is -2.21. The van der Waals surface area contributed by atoms with Gasteiger partial charge in [-0.3, -0.25) is 0 Å². The van der Waals surface area contributed by atoms with E-state index in [1.54, 1.807) is 14.2 Å². The molecule has 7 heteroatoms. The van der Waals surface area contributed by atoms with Gasteiger partial charge in [0.1, 0.15) is 23.1 Å². The monoisotopic (exact) mass is 393 g/mol. The van der Waals surface area contributed by atoms with E-state index in [1.165, 1.54) is 0 Å². The van der Waals surface area contributed by atoms with Crippen molar-refractivity contribution in [3.63, 3.8) is 0 Å². The molecule has 0 spiro atoms. The van der Waals surface area contributed by atoms with Crippen molar-refractivity contribution in [1.82, 2.24) is 14.9 Å². The minimum Gasteiger partial charge on any atom is -0.497 e. The topological polar surface area (TPSA) is 71.5 Å². The van der Waals surface area contributed by atoms with Gasteiger partial charge >= 0.3 is 0 Å². The summed E-state index contributed by atoms with van der Waals surface area (Å²) in [5.74, 6) is 3.50. The van der Waals surface area contributed by atoms with Crippen molar-refractivity contribution in [3.05, 3.63) is 54.6 Å². The zero-order valence-electron chi connectivity index (χ0n) is 17.3. The van der Waals surface area contributed by atoms with Crippen LogP contribution in [-0.2, 0) is 0 Å². The molecule has 0 saturated carbocycles. The highest BCUT2D eigenvalue weighted by Crippen LogP contribution is 2.32. The summed E-state index contributed by atoms with van der Waals surface area (Å²) < 4.78 is 10.8. The van der Waals surface area contributed by atoms with Crippen LogP contribution in [0.3, 0.4) is 0 Å². The summed E-state index contributed by atoms with van der Waals surface area (Å²) in [6.07, 6.45) is 0. The lowest BCUT2D eigenvalue weighted by molar-refractivity contribution is 0.405. The van der Waals surface area contributed by atoms with E-state index < -0.39 is 0 Å². The molecule has 0 fully saturated rings. The smallest absolute Gasteiger partial charge is 0.163 e. The molecule has 0 amide bonds. The molecular formula is C22H27N5O2. The van der Waals surface area contributed by atoms with Gasteiger partial charge in [0.15, 0.2) is 5.82 Å². The van der Waals surface area contributed by atoms with Crippen molar-refractivity contribution < 1.29 is 9.47 Å². The number of hydrogen-bond donors (Lipinski definition) is 2. The largest absolute Gasteiger partial charge is 0.497 e. The lowest BCUT2D eigenvalue weighted by Gasteiger charge is -2.15. The van der Waals surface area contributed by atoms with Crippen molar-refractivity contribution in [1.29, 1.82) is 0 Å². The highest BCUT2D eigenvalue weighted by molar-refractivity contribution is 5.69. The fraction of sp³-hybridized carbons (Fsp3) is 0.273. The number of benzene rings is 2. The van der Waals surface area contributed by atoms with Crippen LogP contribution < -0.4 is 20.1 Å². The number of nitrogens with one attached hydrogen (secondary N) is 2. The van der Waals surface area contributed by atoms with E-state index in [0.29, 0.717) is 17.4 Å². The van der Waals surface area contributed by atoms with Gasteiger partial charge in [-0.05, 0) is 26.2 Å². The second kappa shape index (κ2) is 9.75. The van der Waals surface area contributed by atoms with E-state index in [9.17, 15) is 0 Å². The molecule has 0 saturated heterocycles. The molecule has 7 nitrogen and oxygen atoms in total. The second-order valence-electron chi connectivity index (χ2n) is 6.75. The third-order valence-corrected chi connectivity index (χ3v) is 4.29. The van der Waals surface area contributed by atoms with Crippen molar-refractivity contribution in [2.45, 2.75) is 0 Å². The number of nitrogens with zero attached hydrogens (tertiary/aromatic N) is 3. The third kappa shape index (κ3) is 5.58. The minimum absolute atomic E-state index is 0.643. The van der Waals surface area contributed by atoms with E-state index in [-0.39, 0.29) is 0 Å². The molecule has 2 N–H and O–H groups in total. The van der Waals surface area contributed by atoms with E-state index in [4.69, 9.17) is 14.5 Å². The zero-order chi connectivity index (χ0) is 20.6. The first-order valence-electron chi connectivity index (χ1n) is 9.41. The molecule has 0 unspecified atom stereocenters. The van der Waals surface area contributed by atoms with Crippen LogP contribution in [-0.4, -0.2) is 56.3 Å². The van der Waals surface area contributed by atoms with Gasteiger partial charge in [-0.2, -0.15) is 0 Å². The number of anilines is 3. The van der Waals surface area contributed by atoms with Crippen molar-refractivity contribution in [2.24, 2.45) is 0 Å². The SMILES string of the molecule is COc1ccc(OC)c(Nc2cc(NCCN(C)C)nc(-c3ccccc3)n2)c1. The van der Waals surface area contributed by atoms with Gasteiger partial charge in [-0.1, -0.05) is 30.3 Å². The van der Waals surface area contributed by atoms with E-state index >= 15 is 0 Å². The van der Waals surface area contributed by atoms with Gasteiger partial charge in [0, 0.05) is 30.8 Å².